The number of nitrogens with zero attached hydrogens (tertiary/aromatic N) is 3. The van der Waals surface area contributed by atoms with E-state index in [0.29, 0.717) is 23.6 Å². The number of nitrogens with one attached hydrogen (secondary N) is 1. The first-order valence-electron chi connectivity index (χ1n) is 11.8. The summed E-state index contributed by atoms with van der Waals surface area (Å²) in [6.45, 7) is 6.01. The van der Waals surface area contributed by atoms with Crippen molar-refractivity contribution in [3.8, 4) is 11.8 Å². The zero-order chi connectivity index (χ0) is 23.0. The van der Waals surface area contributed by atoms with E-state index in [1.807, 2.05) is 24.3 Å². The number of nitriles is 1. The number of hydrogen-bond acceptors (Lipinski definition) is 6. The van der Waals surface area contributed by atoms with Gasteiger partial charge in [-0.2, -0.15) is 5.26 Å². The van der Waals surface area contributed by atoms with Crippen molar-refractivity contribution < 1.29 is 9.53 Å². The van der Waals surface area contributed by atoms with Crippen molar-refractivity contribution >= 4 is 33.8 Å². The summed E-state index contributed by atoms with van der Waals surface area (Å²) in [6, 6.07) is 9.88. The van der Waals surface area contributed by atoms with Crippen LogP contribution < -0.4 is 10.1 Å². The largest absolute Gasteiger partial charge is 0.491 e. The first kappa shape index (κ1) is 24.0. The Labute approximate surface area is 205 Å². The molecule has 1 amide bonds. The Morgan fingerprint density at radius 2 is 1.82 bits per heavy atom. The van der Waals surface area contributed by atoms with E-state index in [2.05, 4.69) is 21.2 Å². The van der Waals surface area contributed by atoms with Gasteiger partial charge in [-0.15, -0.1) is 11.3 Å². The van der Waals surface area contributed by atoms with Gasteiger partial charge in [-0.25, -0.2) is 0 Å². The summed E-state index contributed by atoms with van der Waals surface area (Å²) in [5.41, 5.74) is 1.86. The second kappa shape index (κ2) is 11.8. The summed E-state index contributed by atoms with van der Waals surface area (Å²) in [5.74, 6) is 0.726. The number of thiophene rings is 1. The molecule has 1 aromatic carbocycles. The normalized spacial score (nSPS) is 17.1. The molecular formula is C25H31ClN4O2S. The van der Waals surface area contributed by atoms with Crippen LogP contribution >= 0.6 is 22.9 Å². The fourth-order valence-corrected chi connectivity index (χ4v) is 5.93. The fraction of sp³-hybridized carbons (Fsp3) is 0.520. The van der Waals surface area contributed by atoms with Gasteiger partial charge in [-0.3, -0.25) is 9.69 Å². The van der Waals surface area contributed by atoms with Gasteiger partial charge in [-0.1, -0.05) is 30.2 Å². The van der Waals surface area contributed by atoms with Gasteiger partial charge in [-0.05, 0) is 43.4 Å². The Kier molecular flexibility index (Phi) is 8.63. The minimum atomic E-state index is -0.00141. The number of fused-ring (bicyclic) bond motifs is 1. The molecule has 6 nitrogen and oxygen atoms in total. The van der Waals surface area contributed by atoms with Crippen LogP contribution in [-0.2, 0) is 17.6 Å². The molecule has 0 bridgehead atoms. The highest BCUT2D eigenvalue weighted by molar-refractivity contribution is 7.16. The van der Waals surface area contributed by atoms with Gasteiger partial charge in [0.1, 0.15) is 23.4 Å². The van der Waals surface area contributed by atoms with Gasteiger partial charge in [0, 0.05) is 50.6 Å². The molecule has 1 aliphatic heterocycles. The molecule has 0 saturated carbocycles. The van der Waals surface area contributed by atoms with Gasteiger partial charge < -0.3 is 15.0 Å². The summed E-state index contributed by atoms with van der Waals surface area (Å²) >= 11 is 7.73. The first-order chi connectivity index (χ1) is 16.1. The predicted molar refractivity (Wildman–Crippen MR) is 133 cm³/mol. The summed E-state index contributed by atoms with van der Waals surface area (Å²) in [6.07, 6.45) is 5.95. The monoisotopic (exact) mass is 486 g/mol. The third kappa shape index (κ3) is 6.48. The summed E-state index contributed by atoms with van der Waals surface area (Å²) in [5, 5.41) is 14.1. The van der Waals surface area contributed by atoms with Gasteiger partial charge in [0.2, 0.25) is 5.91 Å². The molecule has 1 aromatic heterocycles. The molecule has 0 unspecified atom stereocenters. The topological polar surface area (TPSA) is 68.6 Å². The Bertz CT molecular complexity index is 995. The Hall–Kier alpha value is -2.11. The lowest BCUT2D eigenvalue weighted by Crippen LogP contribution is -2.48. The number of hydrogen-bond donors (Lipinski definition) is 1. The number of piperazine rings is 1. The molecule has 1 saturated heterocycles. The van der Waals surface area contributed by atoms with Crippen molar-refractivity contribution in [1.82, 2.24) is 9.80 Å². The molecule has 8 heteroatoms. The summed E-state index contributed by atoms with van der Waals surface area (Å²) in [4.78, 5) is 18.6. The zero-order valence-electron chi connectivity index (χ0n) is 18.9. The Morgan fingerprint density at radius 3 is 2.58 bits per heavy atom. The maximum absolute atomic E-state index is 12.6. The third-order valence-electron chi connectivity index (χ3n) is 6.41. The lowest BCUT2D eigenvalue weighted by Gasteiger charge is -2.34. The minimum Gasteiger partial charge on any atom is -0.491 e. The quantitative estimate of drug-likeness (QED) is 0.553. The number of halogens is 1. The lowest BCUT2D eigenvalue weighted by molar-refractivity contribution is -0.116. The molecule has 1 fully saturated rings. The van der Waals surface area contributed by atoms with E-state index in [1.165, 1.54) is 23.3 Å². The second-order valence-electron chi connectivity index (χ2n) is 8.64. The Morgan fingerprint density at radius 1 is 1.09 bits per heavy atom. The van der Waals surface area contributed by atoms with Crippen LogP contribution in [0.3, 0.4) is 0 Å². The standard InChI is InChI=1S/C25H31ClN4O2S/c26-21-7-4-5-8-22(21)32-17-16-30-14-12-29(13-15-30)11-10-24(31)28-25-20(18-27)19-6-2-1-3-9-23(19)33-25/h4-5,7-8H,1-3,6,9-17H2,(H,28,31). The van der Waals surface area contributed by atoms with Gasteiger partial charge in [0.05, 0.1) is 10.6 Å². The van der Waals surface area contributed by atoms with Gasteiger partial charge in [0.15, 0.2) is 0 Å². The maximum atomic E-state index is 12.6. The van der Waals surface area contributed by atoms with Crippen LogP contribution in [0.1, 0.15) is 41.7 Å². The van der Waals surface area contributed by atoms with Crippen LogP contribution in [0, 0.1) is 11.3 Å². The smallest absolute Gasteiger partial charge is 0.226 e. The first-order valence-corrected chi connectivity index (χ1v) is 13.0. The zero-order valence-corrected chi connectivity index (χ0v) is 20.5. The molecule has 0 atom stereocenters. The molecule has 1 N–H and O–H groups in total. The molecule has 0 spiro atoms. The van der Waals surface area contributed by atoms with E-state index < -0.39 is 0 Å². The second-order valence-corrected chi connectivity index (χ2v) is 10.2. The number of amides is 1. The van der Waals surface area contributed by atoms with E-state index in [0.717, 1.165) is 69.3 Å². The lowest BCUT2D eigenvalue weighted by atomic mass is 10.1. The van der Waals surface area contributed by atoms with Gasteiger partial charge in [0.25, 0.3) is 0 Å². The van der Waals surface area contributed by atoms with Crippen molar-refractivity contribution in [1.29, 1.82) is 5.26 Å². The van der Waals surface area contributed by atoms with Crippen molar-refractivity contribution in [2.24, 2.45) is 0 Å². The SMILES string of the molecule is N#Cc1c(NC(=O)CCN2CCN(CCOc3ccccc3Cl)CC2)sc2c1CCCCC2. The minimum absolute atomic E-state index is 0.00141. The fourth-order valence-electron chi connectivity index (χ4n) is 4.48. The molecule has 0 radical (unpaired) electrons. The van der Waals surface area contributed by atoms with Crippen molar-refractivity contribution in [2.75, 3.05) is 51.2 Å². The molecule has 33 heavy (non-hydrogen) atoms. The third-order valence-corrected chi connectivity index (χ3v) is 7.93. The number of carbonyl (C=O) groups excluding carboxylic acids is 1. The van der Waals surface area contributed by atoms with Gasteiger partial charge >= 0.3 is 0 Å². The summed E-state index contributed by atoms with van der Waals surface area (Å²) in [7, 11) is 0. The van der Waals surface area contributed by atoms with Crippen LogP contribution in [0.15, 0.2) is 24.3 Å². The van der Waals surface area contributed by atoms with E-state index in [1.54, 1.807) is 11.3 Å². The van der Waals surface area contributed by atoms with Crippen LogP contribution in [0.25, 0.3) is 0 Å². The van der Waals surface area contributed by atoms with E-state index in [-0.39, 0.29) is 5.91 Å². The highest BCUT2D eigenvalue weighted by Gasteiger charge is 2.22. The number of carbonyl (C=O) groups is 1. The molecule has 2 heterocycles. The number of rotatable bonds is 8. The molecule has 2 aliphatic rings. The number of ether oxygens (including phenoxy) is 1. The average Bonchev–Trinajstić information content (AvgIpc) is 2.98. The van der Waals surface area contributed by atoms with Crippen molar-refractivity contribution in [3.05, 3.63) is 45.3 Å². The molecule has 176 valence electrons. The number of aryl methyl sites for hydroxylation is 1. The molecule has 2 aromatic rings. The van der Waals surface area contributed by atoms with E-state index >= 15 is 0 Å². The van der Waals surface area contributed by atoms with Crippen LogP contribution in [0.2, 0.25) is 5.02 Å². The number of benzene rings is 1. The van der Waals surface area contributed by atoms with Crippen LogP contribution in [0.5, 0.6) is 5.75 Å². The Balaban J connectivity index is 1.17. The molecule has 4 rings (SSSR count). The highest BCUT2D eigenvalue weighted by atomic mass is 35.5. The van der Waals surface area contributed by atoms with E-state index in [9.17, 15) is 10.1 Å². The van der Waals surface area contributed by atoms with E-state index in [4.69, 9.17) is 16.3 Å². The molecule has 1 aliphatic carbocycles. The number of anilines is 1. The van der Waals surface area contributed by atoms with Crippen LogP contribution in [-0.4, -0.2) is 61.6 Å². The van der Waals surface area contributed by atoms with Crippen LogP contribution in [0.4, 0.5) is 5.00 Å². The average molecular weight is 487 g/mol. The maximum Gasteiger partial charge on any atom is 0.226 e. The van der Waals surface area contributed by atoms with Crippen molar-refractivity contribution in [2.45, 2.75) is 38.5 Å². The van der Waals surface area contributed by atoms with Crippen molar-refractivity contribution in [3.63, 3.8) is 0 Å². The summed E-state index contributed by atoms with van der Waals surface area (Å²) < 4.78 is 5.80. The number of para-hydroxylation sites is 1. The highest BCUT2D eigenvalue weighted by Crippen LogP contribution is 2.37. The molecular weight excluding hydrogens is 456 g/mol. The predicted octanol–water partition coefficient (Wildman–Crippen LogP) is 4.57.